The molecule has 0 saturated heterocycles. The Morgan fingerprint density at radius 2 is 1.73 bits per heavy atom. The van der Waals surface area contributed by atoms with Crippen LogP contribution in [0.25, 0.3) is 11.1 Å². The number of phenolic OH excluding ortho intramolecular Hbond substituents is 1. The zero-order chi connectivity index (χ0) is 37.5. The summed E-state index contributed by atoms with van der Waals surface area (Å²) in [6, 6.07) is 5.85. The van der Waals surface area contributed by atoms with Crippen LogP contribution in [0.1, 0.15) is 80.9 Å². The van der Waals surface area contributed by atoms with Crippen LogP contribution >= 0.6 is 0 Å². The lowest BCUT2D eigenvalue weighted by Crippen LogP contribution is -2.53. The molecule has 0 fully saturated rings. The van der Waals surface area contributed by atoms with Crippen molar-refractivity contribution >= 4 is 35.2 Å². The summed E-state index contributed by atoms with van der Waals surface area (Å²) in [6.45, 7) is 3.23. The van der Waals surface area contributed by atoms with Crippen molar-refractivity contribution in [2.24, 2.45) is 22.9 Å². The van der Waals surface area contributed by atoms with Gasteiger partial charge in [-0.05, 0) is 97.6 Å². The van der Waals surface area contributed by atoms with Crippen LogP contribution < -0.4 is 49.9 Å². The molecule has 4 atom stereocenters. The van der Waals surface area contributed by atoms with Gasteiger partial charge >= 0.3 is 0 Å². The normalized spacial score (nSPS) is 17.6. The summed E-state index contributed by atoms with van der Waals surface area (Å²) in [6.07, 6.45) is 2.96. The highest BCUT2D eigenvalue weighted by Crippen LogP contribution is 2.39. The fourth-order valence-corrected chi connectivity index (χ4v) is 6.37. The highest BCUT2D eigenvalue weighted by Gasteiger charge is 2.31. The van der Waals surface area contributed by atoms with Gasteiger partial charge in [0.1, 0.15) is 17.8 Å². The molecule has 15 heteroatoms. The fraction of sp³-hybridized carbons (Fsp3) is 0.528. The summed E-state index contributed by atoms with van der Waals surface area (Å²) in [4.78, 5) is 65.8. The molecule has 3 rings (SSSR count). The van der Waals surface area contributed by atoms with Crippen LogP contribution in [-0.4, -0.2) is 78.9 Å². The average molecular weight is 710 g/mol. The average Bonchev–Trinajstić information content (AvgIpc) is 3.09. The van der Waals surface area contributed by atoms with Crippen molar-refractivity contribution in [1.82, 2.24) is 21.3 Å². The molecule has 0 aliphatic carbocycles. The first kappa shape index (κ1) is 40.7. The number of hydrogen-bond donors (Lipinski definition) is 10. The molecule has 1 heterocycles. The Morgan fingerprint density at radius 1 is 0.980 bits per heavy atom. The molecule has 1 aliphatic heterocycles. The maximum Gasteiger partial charge on any atom is 0.243 e. The van der Waals surface area contributed by atoms with Crippen molar-refractivity contribution in [3.05, 3.63) is 47.0 Å². The van der Waals surface area contributed by atoms with Gasteiger partial charge in [0.25, 0.3) is 0 Å². The minimum Gasteiger partial charge on any atom is -0.508 e. The van der Waals surface area contributed by atoms with E-state index in [1.807, 2.05) is 6.92 Å². The lowest BCUT2D eigenvalue weighted by Gasteiger charge is -2.27. The molecular weight excluding hydrogens is 654 g/mol. The molecule has 2 aromatic carbocycles. The van der Waals surface area contributed by atoms with Gasteiger partial charge in [0.15, 0.2) is 0 Å². The number of aromatic hydroxyl groups is 1. The maximum absolute atomic E-state index is 14.2. The highest BCUT2D eigenvalue weighted by atomic mass is 16.3. The van der Waals surface area contributed by atoms with Gasteiger partial charge in [0.2, 0.25) is 29.5 Å². The van der Waals surface area contributed by atoms with Crippen LogP contribution in [0.5, 0.6) is 5.75 Å². The number of nitrogen functional groups attached to an aromatic ring is 1. The molecule has 15 N–H and O–H groups in total. The quantitative estimate of drug-likeness (QED) is 0.103. The molecule has 2 unspecified atom stereocenters. The summed E-state index contributed by atoms with van der Waals surface area (Å²) in [5, 5.41) is 22.0. The first-order valence-corrected chi connectivity index (χ1v) is 17.7. The second-order valence-electron chi connectivity index (χ2n) is 13.0. The third kappa shape index (κ3) is 11.9. The number of nitrogens with two attached hydrogens (primary N) is 5. The molecule has 1 aliphatic rings. The van der Waals surface area contributed by atoms with E-state index in [-0.39, 0.29) is 61.9 Å². The minimum absolute atomic E-state index is 0.0220. The molecule has 2 aromatic rings. The summed E-state index contributed by atoms with van der Waals surface area (Å²) in [5.74, 6) is -3.11. The monoisotopic (exact) mass is 709 g/mol. The smallest absolute Gasteiger partial charge is 0.243 e. The van der Waals surface area contributed by atoms with Gasteiger partial charge in [0, 0.05) is 44.1 Å². The number of anilines is 1. The molecule has 5 amide bonds. The zero-order valence-electron chi connectivity index (χ0n) is 29.5. The standard InChI is InChI=1S/C36H55N9O6/c1-2-5-25(35(50)43-24(6-3-12-37)20-32(48)42-15-14-39)33-26-16-21(17-27(33)40)18-29(34(41)49)45-36(51)28(7-4-13-38)44-31(47)11-9-23-19-22(26)8-10-30(23)46/h8,10,16-17,19,24-25,28-29,46H,2-7,9,11-15,18,20,37-40H2,1H3,(H2,41,49)(H,42,48)(H,43,50)(H,44,47)(H,45,51)/t24-,25-,28?,29?/m0/s1. The van der Waals surface area contributed by atoms with Gasteiger partial charge in [-0.3, -0.25) is 24.0 Å². The van der Waals surface area contributed by atoms with Gasteiger partial charge in [-0.1, -0.05) is 25.5 Å². The number of carbonyl (C=O) groups is 5. The van der Waals surface area contributed by atoms with Crippen LogP contribution in [0.4, 0.5) is 5.69 Å². The van der Waals surface area contributed by atoms with E-state index >= 15 is 0 Å². The van der Waals surface area contributed by atoms with Crippen molar-refractivity contribution in [3.63, 3.8) is 0 Å². The van der Waals surface area contributed by atoms with Crippen LogP contribution in [-0.2, 0) is 36.8 Å². The topological polar surface area (TPSA) is 284 Å². The third-order valence-corrected chi connectivity index (χ3v) is 8.98. The van der Waals surface area contributed by atoms with Crippen molar-refractivity contribution in [3.8, 4) is 16.9 Å². The molecule has 0 spiro atoms. The second-order valence-corrected chi connectivity index (χ2v) is 13.0. The first-order chi connectivity index (χ1) is 24.4. The van der Waals surface area contributed by atoms with Crippen molar-refractivity contribution < 1.29 is 29.1 Å². The Labute approximate surface area is 299 Å². The zero-order valence-corrected chi connectivity index (χ0v) is 29.5. The number of phenols is 1. The SMILES string of the molecule is CCC[C@H](C(=O)N[C@@H](CCCN)CC(=O)NCCN)c1c(N)cc2cc1-c1ccc(O)c(c1)CCC(=O)NC(CCCN)C(=O)NC(C(N)=O)C2. The van der Waals surface area contributed by atoms with E-state index in [0.29, 0.717) is 79.6 Å². The predicted molar refractivity (Wildman–Crippen MR) is 196 cm³/mol. The van der Waals surface area contributed by atoms with Crippen LogP contribution in [0.2, 0.25) is 0 Å². The maximum atomic E-state index is 14.2. The Balaban J connectivity index is 2.15. The minimum atomic E-state index is -1.14. The number of carbonyl (C=O) groups excluding carboxylic acids is 5. The number of nitrogens with one attached hydrogen (secondary N) is 4. The van der Waals surface area contributed by atoms with Crippen molar-refractivity contribution in [2.45, 2.75) is 95.2 Å². The van der Waals surface area contributed by atoms with E-state index in [1.165, 1.54) is 6.07 Å². The molecule has 0 aromatic heterocycles. The molecule has 280 valence electrons. The predicted octanol–water partition coefficient (Wildman–Crippen LogP) is -0.104. The Hall–Kier alpha value is -4.73. The van der Waals surface area contributed by atoms with Gasteiger partial charge in [-0.2, -0.15) is 0 Å². The van der Waals surface area contributed by atoms with E-state index in [9.17, 15) is 29.1 Å². The van der Waals surface area contributed by atoms with Crippen molar-refractivity contribution in [1.29, 1.82) is 0 Å². The van der Waals surface area contributed by atoms with E-state index in [2.05, 4.69) is 21.3 Å². The third-order valence-electron chi connectivity index (χ3n) is 8.98. The Bertz CT molecular complexity index is 1530. The van der Waals surface area contributed by atoms with Gasteiger partial charge < -0.3 is 55.0 Å². The molecule has 0 radical (unpaired) electrons. The largest absolute Gasteiger partial charge is 0.508 e. The number of amides is 5. The highest BCUT2D eigenvalue weighted by molar-refractivity contribution is 5.93. The fourth-order valence-electron chi connectivity index (χ4n) is 6.37. The lowest BCUT2D eigenvalue weighted by atomic mass is 9.83. The molecule has 0 saturated carbocycles. The van der Waals surface area contributed by atoms with Crippen LogP contribution in [0.15, 0.2) is 30.3 Å². The summed E-state index contributed by atoms with van der Waals surface area (Å²) in [7, 11) is 0. The number of primary amides is 1. The number of aryl methyl sites for hydroxylation is 1. The van der Waals surface area contributed by atoms with E-state index in [1.54, 1.807) is 24.3 Å². The number of hydrogen-bond acceptors (Lipinski definition) is 10. The first-order valence-electron chi connectivity index (χ1n) is 17.7. The Kier molecular flexibility index (Phi) is 16.1. The van der Waals surface area contributed by atoms with E-state index in [0.717, 1.165) is 0 Å². The van der Waals surface area contributed by atoms with Gasteiger partial charge in [-0.25, -0.2) is 0 Å². The number of rotatable bonds is 16. The summed E-state index contributed by atoms with van der Waals surface area (Å²) >= 11 is 0. The van der Waals surface area contributed by atoms with E-state index < -0.39 is 41.8 Å². The van der Waals surface area contributed by atoms with Crippen molar-refractivity contribution in [2.75, 3.05) is 31.9 Å². The molecule has 15 nitrogen and oxygen atoms in total. The molecule has 51 heavy (non-hydrogen) atoms. The van der Waals surface area contributed by atoms with Gasteiger partial charge in [0.05, 0.1) is 5.92 Å². The lowest BCUT2D eigenvalue weighted by molar-refractivity contribution is -0.131. The van der Waals surface area contributed by atoms with Crippen LogP contribution in [0, 0.1) is 0 Å². The summed E-state index contributed by atoms with van der Waals surface area (Å²) < 4.78 is 0. The molecular formula is C36H55N9O6. The Morgan fingerprint density at radius 3 is 2.39 bits per heavy atom. The number of benzene rings is 2. The van der Waals surface area contributed by atoms with E-state index in [4.69, 9.17) is 28.7 Å². The van der Waals surface area contributed by atoms with Gasteiger partial charge in [-0.15, -0.1) is 0 Å². The molecule has 4 bridgehead atoms. The van der Waals surface area contributed by atoms with Crippen LogP contribution in [0.3, 0.4) is 0 Å². The number of fused-ring (bicyclic) bond motifs is 5. The second kappa shape index (κ2) is 20.2. The summed E-state index contributed by atoms with van der Waals surface area (Å²) in [5.41, 5.74) is 32.6.